The van der Waals surface area contributed by atoms with Gasteiger partial charge in [0.1, 0.15) is 0 Å². The molecule has 0 rings (SSSR count). The molecule has 0 fully saturated rings. The molecule has 1 N–H and O–H groups in total. The van der Waals surface area contributed by atoms with Crippen molar-refractivity contribution in [1.29, 1.82) is 0 Å². The SMILES string of the molecule is C=CCCCN(C)C(=NCCS(=O)(=O)CC)NCC.I. The molecule has 0 heterocycles. The molecule has 0 aromatic heterocycles. The lowest BCUT2D eigenvalue weighted by atomic mass is 10.3. The molecule has 0 aromatic rings. The first-order chi connectivity index (χ1) is 8.96. The molecule has 0 unspecified atom stereocenters. The van der Waals surface area contributed by atoms with E-state index in [0.29, 0.717) is 6.54 Å². The third-order valence-electron chi connectivity index (χ3n) is 2.70. The van der Waals surface area contributed by atoms with Crippen LogP contribution < -0.4 is 5.32 Å². The minimum atomic E-state index is -2.94. The predicted molar refractivity (Wildman–Crippen MR) is 97.8 cm³/mol. The molecule has 0 aromatic carbocycles. The van der Waals surface area contributed by atoms with Crippen molar-refractivity contribution >= 4 is 39.8 Å². The number of aliphatic imine (C=N–C) groups is 1. The highest BCUT2D eigenvalue weighted by molar-refractivity contribution is 14.0. The Morgan fingerprint density at radius 1 is 1.40 bits per heavy atom. The standard InChI is InChI=1S/C13H27N3O2S.HI/c1-5-8-9-11-16(4)13(14-6-2)15-10-12-19(17,18)7-3;/h5H,1,6-12H2,2-4H3,(H,14,15);1H. The summed E-state index contributed by atoms with van der Waals surface area (Å²) in [7, 11) is -0.986. The lowest BCUT2D eigenvalue weighted by molar-refractivity contribution is 0.470. The van der Waals surface area contributed by atoms with E-state index in [1.165, 1.54) is 0 Å². The minimum Gasteiger partial charge on any atom is -0.357 e. The maximum atomic E-state index is 11.4. The van der Waals surface area contributed by atoms with E-state index in [4.69, 9.17) is 0 Å². The van der Waals surface area contributed by atoms with Crippen molar-refractivity contribution in [2.45, 2.75) is 26.7 Å². The highest BCUT2D eigenvalue weighted by Crippen LogP contribution is 1.96. The van der Waals surface area contributed by atoms with Crippen LogP contribution in [0.25, 0.3) is 0 Å². The lowest BCUT2D eigenvalue weighted by Gasteiger charge is -2.21. The first kappa shape index (κ1) is 22.0. The third kappa shape index (κ3) is 10.5. The molecule has 7 heteroatoms. The van der Waals surface area contributed by atoms with Gasteiger partial charge in [-0.2, -0.15) is 0 Å². The summed E-state index contributed by atoms with van der Waals surface area (Å²) >= 11 is 0. The van der Waals surface area contributed by atoms with Gasteiger partial charge in [-0.3, -0.25) is 4.99 Å². The second-order valence-corrected chi connectivity index (χ2v) is 6.80. The molecule has 5 nitrogen and oxygen atoms in total. The molecule has 0 atom stereocenters. The Labute approximate surface area is 140 Å². The van der Waals surface area contributed by atoms with Gasteiger partial charge in [0.15, 0.2) is 15.8 Å². The van der Waals surface area contributed by atoms with Crippen LogP contribution in [0.2, 0.25) is 0 Å². The normalized spacial score (nSPS) is 11.7. The van der Waals surface area contributed by atoms with E-state index in [2.05, 4.69) is 16.9 Å². The fourth-order valence-electron chi connectivity index (χ4n) is 1.48. The molecule has 0 spiro atoms. The summed E-state index contributed by atoms with van der Waals surface area (Å²) < 4.78 is 22.8. The summed E-state index contributed by atoms with van der Waals surface area (Å²) in [5.74, 6) is 1.05. The van der Waals surface area contributed by atoms with E-state index in [1.54, 1.807) is 6.92 Å². The molecule has 0 aliphatic rings. The minimum absolute atomic E-state index is 0. The largest absolute Gasteiger partial charge is 0.357 e. The molecular formula is C13H28IN3O2S. The second kappa shape index (κ2) is 12.4. The number of guanidine groups is 1. The highest BCUT2D eigenvalue weighted by Gasteiger charge is 2.08. The number of nitrogens with one attached hydrogen (secondary N) is 1. The lowest BCUT2D eigenvalue weighted by Crippen LogP contribution is -2.39. The van der Waals surface area contributed by atoms with Crippen molar-refractivity contribution in [3.63, 3.8) is 0 Å². The van der Waals surface area contributed by atoms with E-state index in [-0.39, 0.29) is 35.5 Å². The topological polar surface area (TPSA) is 61.8 Å². The molecular weight excluding hydrogens is 389 g/mol. The third-order valence-corrected chi connectivity index (χ3v) is 4.39. The number of nitrogens with zero attached hydrogens (tertiary/aromatic N) is 2. The van der Waals surface area contributed by atoms with Crippen LogP contribution >= 0.6 is 24.0 Å². The van der Waals surface area contributed by atoms with Crippen LogP contribution in [0.1, 0.15) is 26.7 Å². The summed E-state index contributed by atoms with van der Waals surface area (Å²) in [5, 5.41) is 3.17. The van der Waals surface area contributed by atoms with Gasteiger partial charge in [-0.25, -0.2) is 8.42 Å². The summed E-state index contributed by atoms with van der Waals surface area (Å²) in [6, 6.07) is 0. The van der Waals surface area contributed by atoms with Gasteiger partial charge in [0, 0.05) is 25.9 Å². The maximum Gasteiger partial charge on any atom is 0.193 e. The maximum absolute atomic E-state index is 11.4. The Balaban J connectivity index is 0. The molecule has 0 saturated carbocycles. The molecule has 20 heavy (non-hydrogen) atoms. The van der Waals surface area contributed by atoms with E-state index in [9.17, 15) is 8.42 Å². The average Bonchev–Trinajstić information content (AvgIpc) is 2.38. The number of hydrogen-bond acceptors (Lipinski definition) is 3. The van der Waals surface area contributed by atoms with Crippen LogP contribution in [0.4, 0.5) is 0 Å². The quantitative estimate of drug-likeness (QED) is 0.205. The first-order valence-corrected chi connectivity index (χ1v) is 8.59. The van der Waals surface area contributed by atoms with Crippen LogP contribution in [0.15, 0.2) is 17.6 Å². The van der Waals surface area contributed by atoms with E-state index >= 15 is 0 Å². The monoisotopic (exact) mass is 417 g/mol. The van der Waals surface area contributed by atoms with Crippen molar-refractivity contribution in [1.82, 2.24) is 10.2 Å². The fraction of sp³-hybridized carbons (Fsp3) is 0.769. The zero-order valence-corrected chi connectivity index (χ0v) is 15.9. The van der Waals surface area contributed by atoms with Crippen LogP contribution in [0.5, 0.6) is 0 Å². The number of allylic oxidation sites excluding steroid dienone is 1. The zero-order chi connectivity index (χ0) is 14.7. The average molecular weight is 417 g/mol. The van der Waals surface area contributed by atoms with Gasteiger partial charge < -0.3 is 10.2 Å². The van der Waals surface area contributed by atoms with Gasteiger partial charge >= 0.3 is 0 Å². The van der Waals surface area contributed by atoms with Crippen LogP contribution in [0.3, 0.4) is 0 Å². The second-order valence-electron chi connectivity index (χ2n) is 4.32. The van der Waals surface area contributed by atoms with Gasteiger partial charge in [0.05, 0.1) is 12.3 Å². The molecule has 0 amide bonds. The number of rotatable bonds is 9. The van der Waals surface area contributed by atoms with Gasteiger partial charge in [0.2, 0.25) is 0 Å². The predicted octanol–water partition coefficient (Wildman–Crippen LogP) is 1.90. The molecule has 0 aliphatic carbocycles. The van der Waals surface area contributed by atoms with Gasteiger partial charge in [-0.1, -0.05) is 13.0 Å². The molecule has 0 radical (unpaired) electrons. The van der Waals surface area contributed by atoms with Gasteiger partial charge in [0.25, 0.3) is 0 Å². The van der Waals surface area contributed by atoms with E-state index in [1.807, 2.05) is 24.9 Å². The van der Waals surface area contributed by atoms with Crippen LogP contribution in [0, 0.1) is 0 Å². The Hall–Kier alpha value is -0.310. The number of halogens is 1. The van der Waals surface area contributed by atoms with Crippen molar-refractivity contribution in [3.8, 4) is 0 Å². The fourth-order valence-corrected chi connectivity index (χ4v) is 2.14. The molecule has 0 saturated heterocycles. The smallest absolute Gasteiger partial charge is 0.193 e. The van der Waals surface area contributed by atoms with Crippen LogP contribution in [-0.4, -0.2) is 57.5 Å². The number of sulfone groups is 1. The highest BCUT2D eigenvalue weighted by atomic mass is 127. The van der Waals surface area contributed by atoms with Crippen LogP contribution in [-0.2, 0) is 9.84 Å². The summed E-state index contributed by atoms with van der Waals surface area (Å²) in [6.07, 6.45) is 3.87. The number of hydrogen-bond donors (Lipinski definition) is 1. The summed E-state index contributed by atoms with van der Waals surface area (Å²) in [5.41, 5.74) is 0. The van der Waals surface area contributed by atoms with Crippen molar-refractivity contribution in [2.75, 3.05) is 38.2 Å². The molecule has 0 bridgehead atoms. The molecule has 0 aliphatic heterocycles. The first-order valence-electron chi connectivity index (χ1n) is 6.77. The Kier molecular flexibility index (Phi) is 13.7. The summed E-state index contributed by atoms with van der Waals surface area (Å²) in [4.78, 5) is 6.37. The Morgan fingerprint density at radius 3 is 2.55 bits per heavy atom. The van der Waals surface area contributed by atoms with Crippen molar-refractivity contribution in [2.24, 2.45) is 4.99 Å². The zero-order valence-electron chi connectivity index (χ0n) is 12.8. The number of unbranched alkanes of at least 4 members (excludes halogenated alkanes) is 1. The van der Waals surface area contributed by atoms with E-state index in [0.717, 1.165) is 31.9 Å². The summed E-state index contributed by atoms with van der Waals surface area (Å²) in [6.45, 7) is 9.30. The van der Waals surface area contributed by atoms with E-state index < -0.39 is 9.84 Å². The Bertz CT molecular complexity index is 383. The van der Waals surface area contributed by atoms with Crippen molar-refractivity contribution in [3.05, 3.63) is 12.7 Å². The van der Waals surface area contributed by atoms with Gasteiger partial charge in [-0.05, 0) is 19.8 Å². The van der Waals surface area contributed by atoms with Gasteiger partial charge in [-0.15, -0.1) is 30.6 Å². The van der Waals surface area contributed by atoms with Crippen molar-refractivity contribution < 1.29 is 8.42 Å². The molecule has 120 valence electrons. The Morgan fingerprint density at radius 2 is 2.05 bits per heavy atom.